The van der Waals surface area contributed by atoms with Gasteiger partial charge in [0.2, 0.25) is 5.91 Å². The van der Waals surface area contributed by atoms with E-state index in [0.717, 1.165) is 0 Å². The van der Waals surface area contributed by atoms with Crippen LogP contribution in [0.4, 0.5) is 4.79 Å². The molecule has 5 heteroatoms. The number of amides is 2. The maximum atomic E-state index is 11.1. The van der Waals surface area contributed by atoms with Crippen LogP contribution in [0.5, 0.6) is 0 Å². The lowest BCUT2D eigenvalue weighted by atomic mass is 10.2. The number of hydrogen-bond donors (Lipinski definition) is 2. The third kappa shape index (κ3) is 7.39. The summed E-state index contributed by atoms with van der Waals surface area (Å²) in [6.07, 6.45) is -0.233. The normalized spacial score (nSPS) is 9.71. The number of hydrogen-bond acceptors (Lipinski definition) is 3. The summed E-state index contributed by atoms with van der Waals surface area (Å²) in [6.45, 7) is 5.01. The Kier molecular flexibility index (Phi) is 6.53. The Bertz CT molecular complexity index is 192. The van der Waals surface area contributed by atoms with E-state index in [1.54, 1.807) is 0 Å². The molecule has 0 aromatic heterocycles. The summed E-state index contributed by atoms with van der Waals surface area (Å²) in [5.41, 5.74) is 0. The van der Waals surface area contributed by atoms with E-state index < -0.39 is 6.09 Å². The first-order valence-electron chi connectivity index (χ1n) is 4.64. The van der Waals surface area contributed by atoms with E-state index in [4.69, 9.17) is 0 Å². The Balaban J connectivity index is 3.40. The van der Waals surface area contributed by atoms with E-state index in [1.807, 2.05) is 13.8 Å². The summed E-state index contributed by atoms with van der Waals surface area (Å²) in [5.74, 6) is 0.377. The highest BCUT2D eigenvalue weighted by Crippen LogP contribution is 1.87. The fourth-order valence-electron chi connectivity index (χ4n) is 0.757. The van der Waals surface area contributed by atoms with E-state index in [2.05, 4.69) is 15.4 Å². The van der Waals surface area contributed by atoms with Crippen LogP contribution in [-0.2, 0) is 9.53 Å². The number of carbonyl (C=O) groups excluding carboxylic acids is 2. The van der Waals surface area contributed by atoms with E-state index in [1.165, 1.54) is 7.11 Å². The number of rotatable bonds is 5. The van der Waals surface area contributed by atoms with Crippen molar-refractivity contribution in [3.05, 3.63) is 0 Å². The molecule has 0 aliphatic rings. The molecule has 0 aromatic rings. The number of alkyl carbamates (subject to hydrolysis) is 1. The molecule has 0 radical (unpaired) electrons. The molecule has 2 amide bonds. The zero-order chi connectivity index (χ0) is 11.0. The minimum absolute atomic E-state index is 0.0601. The zero-order valence-corrected chi connectivity index (χ0v) is 8.92. The van der Waals surface area contributed by atoms with Crippen molar-refractivity contribution in [3.8, 4) is 0 Å². The van der Waals surface area contributed by atoms with E-state index in [0.29, 0.717) is 19.0 Å². The SMILES string of the molecule is COC(=O)NCCC(=O)NCC(C)C. The Morgan fingerprint density at radius 2 is 1.93 bits per heavy atom. The van der Waals surface area contributed by atoms with Crippen LogP contribution in [0.2, 0.25) is 0 Å². The first-order chi connectivity index (χ1) is 6.56. The molecule has 0 aliphatic heterocycles. The smallest absolute Gasteiger partial charge is 0.406 e. The van der Waals surface area contributed by atoms with Crippen LogP contribution < -0.4 is 10.6 Å². The van der Waals surface area contributed by atoms with Gasteiger partial charge in [0.1, 0.15) is 0 Å². The summed E-state index contributed by atoms with van der Waals surface area (Å²) in [5, 5.41) is 5.17. The molecule has 0 fully saturated rings. The van der Waals surface area contributed by atoms with Crippen LogP contribution in [0.15, 0.2) is 0 Å². The lowest BCUT2D eigenvalue weighted by molar-refractivity contribution is -0.121. The van der Waals surface area contributed by atoms with Gasteiger partial charge in [-0.05, 0) is 5.92 Å². The topological polar surface area (TPSA) is 67.4 Å². The molecule has 2 N–H and O–H groups in total. The molecule has 14 heavy (non-hydrogen) atoms. The number of carbonyl (C=O) groups is 2. The average Bonchev–Trinajstić information content (AvgIpc) is 2.14. The highest BCUT2D eigenvalue weighted by atomic mass is 16.5. The van der Waals surface area contributed by atoms with Gasteiger partial charge >= 0.3 is 6.09 Å². The van der Waals surface area contributed by atoms with E-state index >= 15 is 0 Å². The number of nitrogens with one attached hydrogen (secondary N) is 2. The van der Waals surface area contributed by atoms with E-state index in [-0.39, 0.29) is 12.3 Å². The summed E-state index contributed by atoms with van der Waals surface area (Å²) < 4.78 is 4.35. The quantitative estimate of drug-likeness (QED) is 0.682. The lowest BCUT2D eigenvalue weighted by Gasteiger charge is -2.07. The van der Waals surface area contributed by atoms with Crippen molar-refractivity contribution in [2.45, 2.75) is 20.3 Å². The summed E-state index contributed by atoms with van der Waals surface area (Å²) in [6, 6.07) is 0. The molecule has 0 saturated heterocycles. The predicted octanol–water partition coefficient (Wildman–Crippen LogP) is 0.505. The fraction of sp³-hybridized carbons (Fsp3) is 0.778. The van der Waals surface area contributed by atoms with Crippen molar-refractivity contribution in [1.29, 1.82) is 0 Å². The monoisotopic (exact) mass is 202 g/mol. The molecule has 0 saturated carbocycles. The highest BCUT2D eigenvalue weighted by Gasteiger charge is 2.03. The third-order valence-electron chi connectivity index (χ3n) is 1.51. The van der Waals surface area contributed by atoms with Gasteiger partial charge in [-0.25, -0.2) is 4.79 Å². The predicted molar refractivity (Wildman–Crippen MR) is 52.9 cm³/mol. The van der Waals surface area contributed by atoms with Gasteiger partial charge in [-0.2, -0.15) is 0 Å². The van der Waals surface area contributed by atoms with Crippen molar-refractivity contribution >= 4 is 12.0 Å². The van der Waals surface area contributed by atoms with Crippen LogP contribution in [0.3, 0.4) is 0 Å². The summed E-state index contributed by atoms with van der Waals surface area (Å²) in [4.78, 5) is 21.7. The van der Waals surface area contributed by atoms with Crippen molar-refractivity contribution in [1.82, 2.24) is 10.6 Å². The maximum Gasteiger partial charge on any atom is 0.406 e. The van der Waals surface area contributed by atoms with Crippen molar-refractivity contribution in [2.24, 2.45) is 5.92 Å². The van der Waals surface area contributed by atoms with Gasteiger partial charge in [0.25, 0.3) is 0 Å². The van der Waals surface area contributed by atoms with Crippen molar-refractivity contribution in [3.63, 3.8) is 0 Å². The second-order valence-corrected chi connectivity index (χ2v) is 3.37. The van der Waals surface area contributed by atoms with Crippen LogP contribution in [0, 0.1) is 5.92 Å². The number of ether oxygens (including phenoxy) is 1. The first-order valence-corrected chi connectivity index (χ1v) is 4.64. The molecule has 0 aromatic carbocycles. The first kappa shape index (κ1) is 12.7. The lowest BCUT2D eigenvalue weighted by Crippen LogP contribution is -2.32. The molecular formula is C9H18N2O3. The van der Waals surface area contributed by atoms with Gasteiger partial charge in [0, 0.05) is 19.5 Å². The van der Waals surface area contributed by atoms with Gasteiger partial charge < -0.3 is 15.4 Å². The van der Waals surface area contributed by atoms with Crippen molar-refractivity contribution in [2.75, 3.05) is 20.2 Å². The van der Waals surface area contributed by atoms with Crippen LogP contribution in [-0.4, -0.2) is 32.2 Å². The van der Waals surface area contributed by atoms with Gasteiger partial charge in [0.15, 0.2) is 0 Å². The second kappa shape index (κ2) is 7.17. The molecule has 0 bridgehead atoms. The van der Waals surface area contributed by atoms with Crippen molar-refractivity contribution < 1.29 is 14.3 Å². The van der Waals surface area contributed by atoms with Crippen LogP contribution >= 0.6 is 0 Å². The largest absolute Gasteiger partial charge is 0.453 e. The Morgan fingerprint density at radius 1 is 1.29 bits per heavy atom. The Morgan fingerprint density at radius 3 is 2.43 bits per heavy atom. The molecule has 0 unspecified atom stereocenters. The van der Waals surface area contributed by atoms with Crippen LogP contribution in [0.1, 0.15) is 20.3 Å². The Labute approximate surface area is 84.2 Å². The molecule has 5 nitrogen and oxygen atoms in total. The van der Waals surface area contributed by atoms with Gasteiger partial charge in [0.05, 0.1) is 7.11 Å². The zero-order valence-electron chi connectivity index (χ0n) is 8.92. The Hall–Kier alpha value is -1.26. The molecule has 0 aliphatic carbocycles. The highest BCUT2D eigenvalue weighted by molar-refractivity contribution is 5.76. The fourth-order valence-corrected chi connectivity index (χ4v) is 0.757. The van der Waals surface area contributed by atoms with Crippen LogP contribution in [0.25, 0.3) is 0 Å². The minimum Gasteiger partial charge on any atom is -0.453 e. The molecule has 0 atom stereocenters. The van der Waals surface area contributed by atoms with Gasteiger partial charge in [-0.1, -0.05) is 13.8 Å². The standard InChI is InChI=1S/C9H18N2O3/c1-7(2)6-11-8(12)4-5-10-9(13)14-3/h7H,4-6H2,1-3H3,(H,10,13)(H,11,12). The van der Waals surface area contributed by atoms with E-state index in [9.17, 15) is 9.59 Å². The molecular weight excluding hydrogens is 184 g/mol. The molecule has 82 valence electrons. The van der Waals surface area contributed by atoms with Gasteiger partial charge in [-0.15, -0.1) is 0 Å². The molecule has 0 heterocycles. The summed E-state index contributed by atoms with van der Waals surface area (Å²) >= 11 is 0. The molecule has 0 spiro atoms. The maximum absolute atomic E-state index is 11.1. The average molecular weight is 202 g/mol. The number of methoxy groups -OCH3 is 1. The van der Waals surface area contributed by atoms with Gasteiger partial charge in [-0.3, -0.25) is 4.79 Å². The second-order valence-electron chi connectivity index (χ2n) is 3.37. The summed E-state index contributed by atoms with van der Waals surface area (Å²) in [7, 11) is 1.29. The molecule has 0 rings (SSSR count). The third-order valence-corrected chi connectivity index (χ3v) is 1.51. The minimum atomic E-state index is -0.512.